The number of rotatable bonds is 8. The molecule has 33 heavy (non-hydrogen) atoms. The van der Waals surface area contributed by atoms with Crippen molar-refractivity contribution in [3.05, 3.63) is 91.9 Å². The lowest BCUT2D eigenvalue weighted by molar-refractivity contribution is -0.112. The maximum absolute atomic E-state index is 12.7. The van der Waals surface area contributed by atoms with Crippen molar-refractivity contribution >= 4 is 56.8 Å². The lowest BCUT2D eigenvalue weighted by atomic mass is 10.1. The molecule has 0 atom stereocenters. The van der Waals surface area contributed by atoms with Crippen molar-refractivity contribution in [3.63, 3.8) is 0 Å². The maximum atomic E-state index is 12.7. The van der Waals surface area contributed by atoms with Crippen LogP contribution < -0.4 is 14.8 Å². The van der Waals surface area contributed by atoms with Gasteiger partial charge in [0.25, 0.3) is 5.91 Å². The number of anilines is 1. The number of hydrogen-bond donors (Lipinski definition) is 1. The molecule has 0 aliphatic carbocycles. The molecule has 0 fully saturated rings. The van der Waals surface area contributed by atoms with E-state index in [1.807, 2.05) is 19.1 Å². The standard InChI is InChI=1S/C25H19BrCl2N2O3/c1-2-32-22-8-6-21(7-9-22)30-25(31)18(14-29)11-17-12-19(26)4-10-24(17)33-15-16-3-5-20(27)13-23(16)28/h3-13H,2,15H2,1H3,(H,30,31)/b18-11+. The van der Waals surface area contributed by atoms with E-state index in [9.17, 15) is 10.1 Å². The maximum Gasteiger partial charge on any atom is 0.266 e. The molecule has 0 bridgehead atoms. The largest absolute Gasteiger partial charge is 0.494 e. The average Bonchev–Trinajstić information content (AvgIpc) is 2.79. The van der Waals surface area contributed by atoms with Crippen molar-refractivity contribution in [2.45, 2.75) is 13.5 Å². The second kappa shape index (κ2) is 11.8. The molecule has 168 valence electrons. The first-order valence-electron chi connectivity index (χ1n) is 9.92. The van der Waals surface area contributed by atoms with E-state index in [0.717, 1.165) is 10.0 Å². The Kier molecular flexibility index (Phi) is 8.79. The van der Waals surface area contributed by atoms with Gasteiger partial charge in [0.1, 0.15) is 29.7 Å². The summed E-state index contributed by atoms with van der Waals surface area (Å²) < 4.78 is 12.1. The van der Waals surface area contributed by atoms with Crippen LogP contribution in [0, 0.1) is 11.3 Å². The van der Waals surface area contributed by atoms with E-state index in [1.165, 1.54) is 6.08 Å². The molecular formula is C25H19BrCl2N2O3. The summed E-state index contributed by atoms with van der Waals surface area (Å²) in [5.41, 5.74) is 1.80. The topological polar surface area (TPSA) is 71.3 Å². The zero-order valence-corrected chi connectivity index (χ0v) is 20.7. The van der Waals surface area contributed by atoms with Gasteiger partial charge in [-0.2, -0.15) is 5.26 Å². The van der Waals surface area contributed by atoms with E-state index in [4.69, 9.17) is 32.7 Å². The molecular weight excluding hydrogens is 527 g/mol. The van der Waals surface area contributed by atoms with Crippen LogP contribution in [0.1, 0.15) is 18.1 Å². The predicted molar refractivity (Wildman–Crippen MR) is 135 cm³/mol. The quantitative estimate of drug-likeness (QED) is 0.238. The van der Waals surface area contributed by atoms with Gasteiger partial charge in [0.2, 0.25) is 0 Å². The third-order valence-electron chi connectivity index (χ3n) is 4.46. The summed E-state index contributed by atoms with van der Waals surface area (Å²) >= 11 is 15.6. The molecule has 5 nitrogen and oxygen atoms in total. The van der Waals surface area contributed by atoms with E-state index in [1.54, 1.807) is 54.6 Å². The zero-order chi connectivity index (χ0) is 23.8. The summed E-state index contributed by atoms with van der Waals surface area (Å²) in [6, 6.07) is 19.3. The van der Waals surface area contributed by atoms with Crippen molar-refractivity contribution in [3.8, 4) is 17.6 Å². The molecule has 3 aromatic rings. The molecule has 0 saturated heterocycles. The minimum Gasteiger partial charge on any atom is -0.494 e. The van der Waals surface area contributed by atoms with Crippen LogP contribution in [0.15, 0.2) is 70.7 Å². The van der Waals surface area contributed by atoms with Gasteiger partial charge in [-0.15, -0.1) is 0 Å². The molecule has 3 rings (SSSR count). The third-order valence-corrected chi connectivity index (χ3v) is 5.54. The van der Waals surface area contributed by atoms with Gasteiger partial charge in [-0.1, -0.05) is 45.2 Å². The monoisotopic (exact) mass is 544 g/mol. The van der Waals surface area contributed by atoms with Crippen LogP contribution in [-0.2, 0) is 11.4 Å². The smallest absolute Gasteiger partial charge is 0.266 e. The summed E-state index contributed by atoms with van der Waals surface area (Å²) in [7, 11) is 0. The lowest BCUT2D eigenvalue weighted by Gasteiger charge is -2.12. The molecule has 0 aliphatic rings. The number of nitrogens with zero attached hydrogens (tertiary/aromatic N) is 1. The molecule has 0 aliphatic heterocycles. The first-order valence-corrected chi connectivity index (χ1v) is 11.5. The molecule has 0 saturated carbocycles. The summed E-state index contributed by atoms with van der Waals surface area (Å²) in [4.78, 5) is 12.7. The second-order valence-electron chi connectivity index (χ2n) is 6.79. The van der Waals surface area contributed by atoms with Crippen LogP contribution in [0.2, 0.25) is 10.0 Å². The highest BCUT2D eigenvalue weighted by atomic mass is 79.9. The Labute approximate surface area is 210 Å². The molecule has 0 unspecified atom stereocenters. The second-order valence-corrected chi connectivity index (χ2v) is 8.55. The van der Waals surface area contributed by atoms with E-state index < -0.39 is 5.91 Å². The summed E-state index contributed by atoms with van der Waals surface area (Å²) in [6.07, 6.45) is 1.48. The summed E-state index contributed by atoms with van der Waals surface area (Å²) in [5, 5.41) is 13.3. The Hall–Kier alpha value is -2.98. The van der Waals surface area contributed by atoms with Crippen molar-refractivity contribution in [2.75, 3.05) is 11.9 Å². The fraction of sp³-hybridized carbons (Fsp3) is 0.120. The number of nitriles is 1. The van der Waals surface area contributed by atoms with Gasteiger partial charge in [0.15, 0.2) is 0 Å². The van der Waals surface area contributed by atoms with Gasteiger partial charge in [-0.05, 0) is 67.6 Å². The summed E-state index contributed by atoms with van der Waals surface area (Å²) in [5.74, 6) is 0.655. The van der Waals surface area contributed by atoms with Crippen molar-refractivity contribution in [2.24, 2.45) is 0 Å². The van der Waals surface area contributed by atoms with Crippen LogP contribution in [0.4, 0.5) is 5.69 Å². The Bertz CT molecular complexity index is 1220. The van der Waals surface area contributed by atoms with E-state index >= 15 is 0 Å². The Morgan fingerprint density at radius 3 is 2.52 bits per heavy atom. The first kappa shape index (κ1) is 24.7. The van der Waals surface area contributed by atoms with Gasteiger partial charge < -0.3 is 14.8 Å². The van der Waals surface area contributed by atoms with Gasteiger partial charge in [0, 0.05) is 31.3 Å². The highest BCUT2D eigenvalue weighted by Crippen LogP contribution is 2.28. The number of halogens is 3. The predicted octanol–water partition coefficient (Wildman–Crippen LogP) is 7.28. The normalized spacial score (nSPS) is 10.9. The number of ether oxygens (including phenoxy) is 2. The van der Waals surface area contributed by atoms with E-state index in [-0.39, 0.29) is 12.2 Å². The molecule has 1 N–H and O–H groups in total. The third kappa shape index (κ3) is 7.00. The van der Waals surface area contributed by atoms with E-state index in [2.05, 4.69) is 21.2 Å². The Morgan fingerprint density at radius 2 is 1.85 bits per heavy atom. The van der Waals surface area contributed by atoms with Gasteiger partial charge in [-0.25, -0.2) is 0 Å². The number of carbonyl (C=O) groups is 1. The van der Waals surface area contributed by atoms with Crippen LogP contribution in [0.5, 0.6) is 11.5 Å². The molecule has 0 spiro atoms. The van der Waals surface area contributed by atoms with Crippen LogP contribution in [-0.4, -0.2) is 12.5 Å². The molecule has 3 aromatic carbocycles. The lowest BCUT2D eigenvalue weighted by Crippen LogP contribution is -2.13. The molecule has 0 radical (unpaired) electrons. The van der Waals surface area contributed by atoms with Crippen molar-refractivity contribution < 1.29 is 14.3 Å². The molecule has 0 aromatic heterocycles. The van der Waals surface area contributed by atoms with Crippen LogP contribution in [0.25, 0.3) is 6.08 Å². The number of amides is 1. The first-order chi connectivity index (χ1) is 15.9. The number of nitrogens with one attached hydrogen (secondary N) is 1. The van der Waals surface area contributed by atoms with Gasteiger partial charge >= 0.3 is 0 Å². The minimum absolute atomic E-state index is 0.0728. The van der Waals surface area contributed by atoms with Crippen molar-refractivity contribution in [1.29, 1.82) is 5.26 Å². The SMILES string of the molecule is CCOc1ccc(NC(=O)/C(C#N)=C/c2cc(Br)ccc2OCc2ccc(Cl)cc2Cl)cc1. The average molecular weight is 546 g/mol. The molecule has 0 heterocycles. The van der Waals surface area contributed by atoms with Crippen LogP contribution >= 0.6 is 39.1 Å². The summed E-state index contributed by atoms with van der Waals surface area (Å²) in [6.45, 7) is 2.64. The fourth-order valence-electron chi connectivity index (χ4n) is 2.86. The molecule has 8 heteroatoms. The van der Waals surface area contributed by atoms with Gasteiger partial charge in [-0.3, -0.25) is 4.79 Å². The fourth-order valence-corrected chi connectivity index (χ4v) is 3.70. The number of hydrogen-bond acceptors (Lipinski definition) is 4. The van der Waals surface area contributed by atoms with Gasteiger partial charge in [0.05, 0.1) is 6.61 Å². The van der Waals surface area contributed by atoms with E-state index in [0.29, 0.717) is 39.4 Å². The molecule has 1 amide bonds. The Balaban J connectivity index is 1.79. The zero-order valence-electron chi connectivity index (χ0n) is 17.6. The highest BCUT2D eigenvalue weighted by molar-refractivity contribution is 9.10. The van der Waals surface area contributed by atoms with Crippen LogP contribution in [0.3, 0.4) is 0 Å². The minimum atomic E-state index is -0.534. The Morgan fingerprint density at radius 1 is 1.09 bits per heavy atom. The highest BCUT2D eigenvalue weighted by Gasteiger charge is 2.13. The van der Waals surface area contributed by atoms with Crippen molar-refractivity contribution in [1.82, 2.24) is 0 Å². The number of carbonyl (C=O) groups excluding carboxylic acids is 1. The number of benzene rings is 3.